The summed E-state index contributed by atoms with van der Waals surface area (Å²) in [6.45, 7) is 2.06. The van der Waals surface area contributed by atoms with Crippen molar-refractivity contribution < 1.29 is 18.0 Å². The van der Waals surface area contributed by atoms with Crippen molar-refractivity contribution in [3.8, 4) is 6.07 Å². The van der Waals surface area contributed by atoms with Crippen LogP contribution in [0.2, 0.25) is 0 Å². The van der Waals surface area contributed by atoms with Gasteiger partial charge >= 0.3 is 6.18 Å². The fourth-order valence-electron chi connectivity index (χ4n) is 3.69. The number of halogens is 3. The Labute approximate surface area is 176 Å². The van der Waals surface area contributed by atoms with Crippen LogP contribution >= 0.6 is 0 Å². The number of amides is 1. The predicted molar refractivity (Wildman–Crippen MR) is 108 cm³/mol. The minimum Gasteiger partial charge on any atom is -0.354 e. The second kappa shape index (κ2) is 8.22. The van der Waals surface area contributed by atoms with Crippen LogP contribution in [0.25, 0.3) is 10.9 Å². The van der Waals surface area contributed by atoms with Crippen molar-refractivity contribution in [1.82, 2.24) is 14.9 Å². The smallest absolute Gasteiger partial charge is 0.354 e. The highest BCUT2D eigenvalue weighted by Crippen LogP contribution is 2.31. The molecular formula is C22H18F3N5O. The van der Waals surface area contributed by atoms with Gasteiger partial charge in [0.2, 0.25) is 0 Å². The van der Waals surface area contributed by atoms with Crippen LogP contribution in [0.4, 0.5) is 19.0 Å². The van der Waals surface area contributed by atoms with Gasteiger partial charge in [-0.25, -0.2) is 9.97 Å². The lowest BCUT2D eigenvalue weighted by atomic mass is 10.1. The molecule has 0 N–H and O–H groups in total. The van der Waals surface area contributed by atoms with Crippen molar-refractivity contribution in [3.05, 3.63) is 65.5 Å². The van der Waals surface area contributed by atoms with E-state index in [0.29, 0.717) is 54.9 Å². The van der Waals surface area contributed by atoms with Crippen LogP contribution < -0.4 is 4.90 Å². The number of alkyl halides is 3. The maximum Gasteiger partial charge on any atom is 0.433 e. The molecule has 1 aliphatic heterocycles. The second-order valence-corrected chi connectivity index (χ2v) is 7.22. The number of anilines is 1. The van der Waals surface area contributed by atoms with Gasteiger partial charge in [-0.05, 0) is 42.8 Å². The summed E-state index contributed by atoms with van der Waals surface area (Å²) >= 11 is 0. The molecule has 1 aromatic carbocycles. The van der Waals surface area contributed by atoms with Crippen molar-refractivity contribution in [1.29, 1.82) is 5.26 Å². The first kappa shape index (κ1) is 20.6. The molecule has 1 amide bonds. The molecule has 31 heavy (non-hydrogen) atoms. The third-order valence-corrected chi connectivity index (χ3v) is 5.21. The molecule has 1 fully saturated rings. The van der Waals surface area contributed by atoms with Crippen LogP contribution in [0.3, 0.4) is 0 Å². The fraction of sp³-hybridized carbons (Fsp3) is 0.273. The zero-order valence-corrected chi connectivity index (χ0v) is 16.4. The van der Waals surface area contributed by atoms with E-state index in [1.807, 2.05) is 11.0 Å². The average Bonchev–Trinajstić information content (AvgIpc) is 3.03. The lowest BCUT2D eigenvalue weighted by Crippen LogP contribution is -2.35. The molecule has 3 aromatic rings. The van der Waals surface area contributed by atoms with Crippen molar-refractivity contribution >= 4 is 22.6 Å². The van der Waals surface area contributed by atoms with E-state index in [0.717, 1.165) is 6.07 Å². The Hall–Kier alpha value is -3.67. The largest absolute Gasteiger partial charge is 0.433 e. The Morgan fingerprint density at radius 2 is 1.90 bits per heavy atom. The van der Waals surface area contributed by atoms with Gasteiger partial charge in [0.1, 0.15) is 11.5 Å². The molecule has 9 heteroatoms. The number of hydrogen-bond acceptors (Lipinski definition) is 5. The van der Waals surface area contributed by atoms with Crippen molar-refractivity contribution in [2.75, 3.05) is 31.1 Å². The van der Waals surface area contributed by atoms with Gasteiger partial charge in [0, 0.05) is 43.3 Å². The molecule has 6 nitrogen and oxygen atoms in total. The van der Waals surface area contributed by atoms with E-state index in [-0.39, 0.29) is 11.4 Å². The molecule has 0 atom stereocenters. The second-order valence-electron chi connectivity index (χ2n) is 7.22. The van der Waals surface area contributed by atoms with E-state index in [1.165, 1.54) is 18.3 Å². The van der Waals surface area contributed by atoms with Crippen LogP contribution in [0.5, 0.6) is 0 Å². The minimum absolute atomic E-state index is 0.152. The van der Waals surface area contributed by atoms with Gasteiger partial charge in [0.05, 0.1) is 17.1 Å². The average molecular weight is 425 g/mol. The zero-order valence-electron chi connectivity index (χ0n) is 16.4. The summed E-state index contributed by atoms with van der Waals surface area (Å²) in [5.41, 5.74) is 0.169. The summed E-state index contributed by atoms with van der Waals surface area (Å²) in [4.78, 5) is 24.7. The SMILES string of the molecule is N#Cc1cccc(C(=O)N2CCCN(c3nccc4nc(C(F)(F)F)ccc34)CC2)c1. The lowest BCUT2D eigenvalue weighted by molar-refractivity contribution is -0.140. The molecule has 0 unspecified atom stereocenters. The summed E-state index contributed by atoms with van der Waals surface area (Å²) in [6, 6.07) is 12.4. The highest BCUT2D eigenvalue weighted by molar-refractivity contribution is 5.94. The molecule has 0 spiro atoms. The van der Waals surface area contributed by atoms with E-state index in [2.05, 4.69) is 9.97 Å². The third-order valence-electron chi connectivity index (χ3n) is 5.21. The normalized spacial score (nSPS) is 14.9. The summed E-state index contributed by atoms with van der Waals surface area (Å²) in [5, 5.41) is 9.59. The molecule has 1 aliphatic rings. The molecule has 158 valence electrons. The number of nitrogens with zero attached hydrogens (tertiary/aromatic N) is 5. The van der Waals surface area contributed by atoms with Crippen LogP contribution in [0.15, 0.2) is 48.7 Å². The number of aromatic nitrogens is 2. The molecule has 0 saturated carbocycles. The Balaban J connectivity index is 1.55. The standard InChI is InChI=1S/C22H18F3N5O/c23-22(24,25)19-6-5-17-18(28-19)7-8-27-20(17)29-9-2-10-30(12-11-29)21(31)16-4-1-3-15(13-16)14-26/h1,3-8,13H,2,9-12H2. The molecule has 0 bridgehead atoms. The van der Waals surface area contributed by atoms with E-state index in [1.54, 1.807) is 29.2 Å². The van der Waals surface area contributed by atoms with Crippen LogP contribution in [-0.4, -0.2) is 47.0 Å². The highest BCUT2D eigenvalue weighted by Gasteiger charge is 2.32. The number of carbonyl (C=O) groups excluding carboxylic acids is 1. The molecular weight excluding hydrogens is 407 g/mol. The summed E-state index contributed by atoms with van der Waals surface area (Å²) < 4.78 is 39.0. The number of pyridine rings is 2. The number of nitriles is 1. The van der Waals surface area contributed by atoms with Crippen molar-refractivity contribution in [3.63, 3.8) is 0 Å². The van der Waals surface area contributed by atoms with Gasteiger partial charge < -0.3 is 9.80 Å². The van der Waals surface area contributed by atoms with Gasteiger partial charge in [0.15, 0.2) is 0 Å². The quantitative estimate of drug-likeness (QED) is 0.623. The fourth-order valence-corrected chi connectivity index (χ4v) is 3.69. The number of carbonyl (C=O) groups is 1. The van der Waals surface area contributed by atoms with Gasteiger partial charge in [0.25, 0.3) is 5.91 Å². The van der Waals surface area contributed by atoms with E-state index >= 15 is 0 Å². The van der Waals surface area contributed by atoms with Crippen LogP contribution in [0, 0.1) is 11.3 Å². The Morgan fingerprint density at radius 3 is 2.68 bits per heavy atom. The third kappa shape index (κ3) is 4.28. The van der Waals surface area contributed by atoms with Crippen LogP contribution in [0.1, 0.15) is 28.0 Å². The highest BCUT2D eigenvalue weighted by atomic mass is 19.4. The molecule has 0 aliphatic carbocycles. The number of hydrogen-bond donors (Lipinski definition) is 0. The first-order chi connectivity index (χ1) is 14.9. The summed E-state index contributed by atoms with van der Waals surface area (Å²) in [5.74, 6) is 0.404. The van der Waals surface area contributed by atoms with E-state index in [4.69, 9.17) is 5.26 Å². The number of benzene rings is 1. The van der Waals surface area contributed by atoms with Gasteiger partial charge in [-0.1, -0.05) is 6.07 Å². The van der Waals surface area contributed by atoms with E-state index < -0.39 is 11.9 Å². The Bertz CT molecular complexity index is 1170. The zero-order chi connectivity index (χ0) is 22.0. The maximum atomic E-state index is 13.0. The lowest BCUT2D eigenvalue weighted by Gasteiger charge is -2.24. The molecule has 0 radical (unpaired) electrons. The first-order valence-corrected chi connectivity index (χ1v) is 9.74. The molecule has 4 rings (SSSR count). The monoisotopic (exact) mass is 425 g/mol. The number of fused-ring (bicyclic) bond motifs is 1. The maximum absolute atomic E-state index is 13.0. The van der Waals surface area contributed by atoms with Gasteiger partial charge in [-0.3, -0.25) is 4.79 Å². The summed E-state index contributed by atoms with van der Waals surface area (Å²) in [7, 11) is 0. The topological polar surface area (TPSA) is 73.1 Å². The summed E-state index contributed by atoms with van der Waals surface area (Å²) in [6.07, 6.45) is -2.38. The van der Waals surface area contributed by atoms with Gasteiger partial charge in [-0.2, -0.15) is 18.4 Å². The van der Waals surface area contributed by atoms with Crippen LogP contribution in [-0.2, 0) is 6.18 Å². The molecule has 2 aromatic heterocycles. The first-order valence-electron chi connectivity index (χ1n) is 9.74. The Kier molecular flexibility index (Phi) is 5.46. The van der Waals surface area contributed by atoms with E-state index in [9.17, 15) is 18.0 Å². The van der Waals surface area contributed by atoms with Gasteiger partial charge in [-0.15, -0.1) is 0 Å². The van der Waals surface area contributed by atoms with Crippen molar-refractivity contribution in [2.45, 2.75) is 12.6 Å². The predicted octanol–water partition coefficient (Wildman–Crippen LogP) is 3.87. The number of rotatable bonds is 2. The van der Waals surface area contributed by atoms with Crippen molar-refractivity contribution in [2.24, 2.45) is 0 Å². The minimum atomic E-state index is -4.51. The molecule has 1 saturated heterocycles. The Morgan fingerprint density at radius 1 is 1.06 bits per heavy atom. The molecule has 3 heterocycles.